The van der Waals surface area contributed by atoms with Gasteiger partial charge >= 0.3 is 0 Å². The molecule has 2 nitrogen and oxygen atoms in total. The van der Waals surface area contributed by atoms with Gasteiger partial charge in [-0.3, -0.25) is 4.90 Å². The number of hydrogen-bond acceptors (Lipinski definition) is 2. The molecule has 1 N–H and O–H groups in total. The van der Waals surface area contributed by atoms with Crippen LogP contribution in [0.4, 0.5) is 0 Å². The minimum Gasteiger partial charge on any atom is -0.394 e. The van der Waals surface area contributed by atoms with E-state index in [2.05, 4.69) is 4.90 Å². The van der Waals surface area contributed by atoms with Crippen LogP contribution in [0.5, 0.6) is 0 Å². The normalized spacial score (nSPS) is 29.3. The molecule has 0 spiro atoms. The quantitative estimate of drug-likeness (QED) is 0.705. The van der Waals surface area contributed by atoms with Crippen molar-refractivity contribution in [2.75, 3.05) is 19.7 Å². The molecule has 1 saturated carbocycles. The summed E-state index contributed by atoms with van der Waals surface area (Å²) in [5.41, 5.74) is 0.189. The van der Waals surface area contributed by atoms with Crippen molar-refractivity contribution >= 4 is 0 Å². The van der Waals surface area contributed by atoms with Gasteiger partial charge in [0.25, 0.3) is 0 Å². The monoisotopic (exact) mass is 183 g/mol. The number of hydrogen-bond donors (Lipinski definition) is 1. The van der Waals surface area contributed by atoms with E-state index in [1.165, 1.54) is 58.0 Å². The third-order valence-electron chi connectivity index (χ3n) is 3.86. The summed E-state index contributed by atoms with van der Waals surface area (Å²) in [4.78, 5) is 2.55. The molecule has 0 aromatic heterocycles. The Morgan fingerprint density at radius 3 is 2.08 bits per heavy atom. The molecule has 0 unspecified atom stereocenters. The molecule has 1 saturated heterocycles. The summed E-state index contributed by atoms with van der Waals surface area (Å²) in [6, 6.07) is 0. The number of aliphatic hydroxyl groups excluding tert-OH is 1. The van der Waals surface area contributed by atoms with Gasteiger partial charge in [-0.05, 0) is 38.8 Å². The SMILES string of the molecule is OCC1(N2CCCC2)CCCCC1. The maximum absolute atomic E-state index is 9.56. The number of likely N-dealkylation sites (tertiary alicyclic amines) is 1. The van der Waals surface area contributed by atoms with Gasteiger partial charge in [-0.15, -0.1) is 0 Å². The van der Waals surface area contributed by atoms with Crippen molar-refractivity contribution in [3.05, 3.63) is 0 Å². The van der Waals surface area contributed by atoms with Gasteiger partial charge in [0.05, 0.1) is 6.61 Å². The van der Waals surface area contributed by atoms with Crippen LogP contribution in [0.2, 0.25) is 0 Å². The van der Waals surface area contributed by atoms with Crippen LogP contribution in [-0.4, -0.2) is 35.2 Å². The van der Waals surface area contributed by atoms with E-state index in [1.807, 2.05) is 0 Å². The van der Waals surface area contributed by atoms with Crippen LogP contribution in [0.3, 0.4) is 0 Å². The van der Waals surface area contributed by atoms with Crippen molar-refractivity contribution in [3.8, 4) is 0 Å². The van der Waals surface area contributed by atoms with E-state index in [0.29, 0.717) is 6.61 Å². The van der Waals surface area contributed by atoms with E-state index in [0.717, 1.165) is 0 Å². The zero-order valence-corrected chi connectivity index (χ0v) is 8.47. The van der Waals surface area contributed by atoms with Crippen LogP contribution in [-0.2, 0) is 0 Å². The lowest BCUT2D eigenvalue weighted by Gasteiger charge is -2.43. The van der Waals surface area contributed by atoms with Gasteiger partial charge in [0.2, 0.25) is 0 Å². The highest BCUT2D eigenvalue weighted by atomic mass is 16.3. The third-order valence-corrected chi connectivity index (χ3v) is 3.86. The Labute approximate surface area is 80.9 Å². The van der Waals surface area contributed by atoms with Crippen molar-refractivity contribution in [2.24, 2.45) is 0 Å². The van der Waals surface area contributed by atoms with Gasteiger partial charge in [-0.1, -0.05) is 19.3 Å². The van der Waals surface area contributed by atoms with E-state index in [4.69, 9.17) is 0 Å². The van der Waals surface area contributed by atoms with E-state index in [1.54, 1.807) is 0 Å². The Morgan fingerprint density at radius 2 is 1.54 bits per heavy atom. The van der Waals surface area contributed by atoms with Crippen LogP contribution >= 0.6 is 0 Å². The second-order valence-corrected chi connectivity index (χ2v) is 4.64. The van der Waals surface area contributed by atoms with Crippen LogP contribution in [0.15, 0.2) is 0 Å². The average Bonchev–Trinajstić information content (AvgIpc) is 2.72. The summed E-state index contributed by atoms with van der Waals surface area (Å²) < 4.78 is 0. The van der Waals surface area contributed by atoms with Crippen LogP contribution in [0.1, 0.15) is 44.9 Å². The van der Waals surface area contributed by atoms with E-state index >= 15 is 0 Å². The predicted molar refractivity (Wildman–Crippen MR) is 53.7 cm³/mol. The molecule has 0 radical (unpaired) electrons. The first-order valence-electron chi connectivity index (χ1n) is 5.73. The van der Waals surface area contributed by atoms with Crippen LogP contribution in [0.25, 0.3) is 0 Å². The zero-order chi connectivity index (χ0) is 9.15. The second kappa shape index (κ2) is 3.97. The minimum atomic E-state index is 0.189. The summed E-state index contributed by atoms with van der Waals surface area (Å²) in [5.74, 6) is 0. The molecule has 2 rings (SSSR count). The summed E-state index contributed by atoms with van der Waals surface area (Å²) >= 11 is 0. The molecular formula is C11H21NO. The zero-order valence-electron chi connectivity index (χ0n) is 8.47. The van der Waals surface area contributed by atoms with Crippen LogP contribution < -0.4 is 0 Å². The molecule has 0 bridgehead atoms. The first-order chi connectivity index (χ1) is 6.37. The topological polar surface area (TPSA) is 23.5 Å². The molecule has 0 aromatic rings. The Kier molecular flexibility index (Phi) is 2.89. The fourth-order valence-electron chi connectivity index (χ4n) is 2.98. The average molecular weight is 183 g/mol. The van der Waals surface area contributed by atoms with Gasteiger partial charge < -0.3 is 5.11 Å². The molecule has 0 amide bonds. The van der Waals surface area contributed by atoms with Crippen molar-refractivity contribution < 1.29 is 5.11 Å². The van der Waals surface area contributed by atoms with Crippen molar-refractivity contribution in [3.63, 3.8) is 0 Å². The summed E-state index contributed by atoms with van der Waals surface area (Å²) in [6.07, 6.45) is 9.13. The van der Waals surface area contributed by atoms with Gasteiger partial charge in [-0.25, -0.2) is 0 Å². The van der Waals surface area contributed by atoms with Crippen LogP contribution in [0, 0.1) is 0 Å². The van der Waals surface area contributed by atoms with Gasteiger partial charge in [0.1, 0.15) is 0 Å². The van der Waals surface area contributed by atoms with E-state index in [-0.39, 0.29) is 5.54 Å². The minimum absolute atomic E-state index is 0.189. The molecule has 0 atom stereocenters. The highest BCUT2D eigenvalue weighted by Gasteiger charge is 2.38. The molecule has 2 fully saturated rings. The summed E-state index contributed by atoms with van der Waals surface area (Å²) in [7, 11) is 0. The maximum Gasteiger partial charge on any atom is 0.0615 e. The van der Waals surface area contributed by atoms with Crippen molar-refractivity contribution in [1.29, 1.82) is 0 Å². The number of rotatable bonds is 2. The second-order valence-electron chi connectivity index (χ2n) is 4.64. The first-order valence-corrected chi connectivity index (χ1v) is 5.73. The smallest absolute Gasteiger partial charge is 0.0615 e. The van der Waals surface area contributed by atoms with Gasteiger partial charge in [0, 0.05) is 5.54 Å². The van der Waals surface area contributed by atoms with Crippen molar-refractivity contribution in [2.45, 2.75) is 50.5 Å². The third kappa shape index (κ3) is 1.75. The Hall–Kier alpha value is -0.0800. The lowest BCUT2D eigenvalue weighted by molar-refractivity contribution is 0.0167. The Bertz CT molecular complexity index is 157. The lowest BCUT2D eigenvalue weighted by atomic mass is 9.81. The number of nitrogens with zero attached hydrogens (tertiary/aromatic N) is 1. The largest absolute Gasteiger partial charge is 0.394 e. The number of aliphatic hydroxyl groups is 1. The fourth-order valence-corrected chi connectivity index (χ4v) is 2.98. The maximum atomic E-state index is 9.56. The van der Waals surface area contributed by atoms with E-state index in [9.17, 15) is 5.11 Å². The Balaban J connectivity index is 2.03. The Morgan fingerprint density at radius 1 is 0.923 bits per heavy atom. The molecule has 0 aromatic carbocycles. The molecule has 1 heterocycles. The van der Waals surface area contributed by atoms with Gasteiger partial charge in [0.15, 0.2) is 0 Å². The molecule has 1 aliphatic heterocycles. The summed E-state index contributed by atoms with van der Waals surface area (Å²) in [6.45, 7) is 2.83. The highest BCUT2D eigenvalue weighted by Crippen LogP contribution is 2.35. The standard InChI is InChI=1S/C11H21NO/c13-10-11(6-2-1-3-7-11)12-8-4-5-9-12/h13H,1-10H2. The first kappa shape index (κ1) is 9.47. The molecule has 1 aliphatic carbocycles. The van der Waals surface area contributed by atoms with Crippen molar-refractivity contribution in [1.82, 2.24) is 4.90 Å². The molecule has 2 aliphatic rings. The molecule has 76 valence electrons. The predicted octanol–water partition coefficient (Wildman–Crippen LogP) is 1.78. The van der Waals surface area contributed by atoms with Gasteiger partial charge in [-0.2, -0.15) is 0 Å². The summed E-state index contributed by atoms with van der Waals surface area (Å²) in [5, 5.41) is 9.56. The fraction of sp³-hybridized carbons (Fsp3) is 1.00. The molecule has 2 heteroatoms. The van der Waals surface area contributed by atoms with E-state index < -0.39 is 0 Å². The lowest BCUT2D eigenvalue weighted by Crippen LogP contribution is -2.51. The molecule has 13 heavy (non-hydrogen) atoms. The highest BCUT2D eigenvalue weighted by molar-refractivity contribution is 4.94. The molecular weight excluding hydrogens is 162 g/mol.